The van der Waals surface area contributed by atoms with Crippen molar-refractivity contribution >= 4 is 104 Å². The second-order valence-electron chi connectivity index (χ2n) is 5.82. The second kappa shape index (κ2) is 9.45. The van der Waals surface area contributed by atoms with Gasteiger partial charge in [-0.1, -0.05) is 0 Å². The van der Waals surface area contributed by atoms with Crippen molar-refractivity contribution in [1.29, 1.82) is 0 Å². The minimum absolute atomic E-state index is 0.730. The van der Waals surface area contributed by atoms with E-state index >= 15 is 0 Å². The smallest absolute Gasteiger partial charge is 0.129 e. The summed E-state index contributed by atoms with van der Waals surface area (Å²) in [7, 11) is 0. The van der Waals surface area contributed by atoms with Crippen molar-refractivity contribution in [1.82, 2.24) is 29.9 Å². The van der Waals surface area contributed by atoms with Gasteiger partial charge in [0.05, 0.1) is 0 Å². The monoisotopic (exact) mass is 510 g/mol. The molecule has 4 aromatic rings. The molecule has 0 radical (unpaired) electrons. The molecule has 0 amide bonds. The second-order valence-corrected chi connectivity index (χ2v) is 10.6. The number of nitrogens with zero attached hydrogens (tertiary/aromatic N) is 6. The highest BCUT2D eigenvalue weighted by atomic mass is 32.2. The van der Waals surface area contributed by atoms with Crippen LogP contribution in [0.3, 0.4) is 0 Å². The van der Waals surface area contributed by atoms with Crippen molar-refractivity contribution in [3.05, 3.63) is 0 Å². The molecular weight excluding hydrogens is 493 g/mol. The predicted octanol–water partition coefficient (Wildman–Crippen LogP) is 5.85. The lowest BCUT2D eigenvalue weighted by Crippen LogP contribution is -2.02. The van der Waals surface area contributed by atoms with E-state index in [1.165, 1.54) is 0 Å². The van der Waals surface area contributed by atoms with Crippen LogP contribution < -0.4 is 0 Å². The standard InChI is InChI=1S/C18H18N6S6/c1-25-13-14(26-2)20-8-7(19-13)9-11(23-16(28-4)15(21-9)27-3)12-10(8)22-17(29-5)18(24-12)30-6/h1-6H3. The molecular formula is C18H18N6S6. The molecule has 0 aliphatic rings. The zero-order valence-electron chi connectivity index (χ0n) is 17.1. The fourth-order valence-electron chi connectivity index (χ4n) is 3.00. The molecule has 6 nitrogen and oxygen atoms in total. The van der Waals surface area contributed by atoms with Crippen LogP contribution in [0, 0.1) is 0 Å². The van der Waals surface area contributed by atoms with Crippen LogP contribution in [0.15, 0.2) is 30.2 Å². The van der Waals surface area contributed by atoms with Gasteiger partial charge in [0.1, 0.15) is 63.3 Å². The highest BCUT2D eigenvalue weighted by molar-refractivity contribution is 8.02. The average Bonchev–Trinajstić information content (AvgIpc) is 2.81. The Hall–Kier alpha value is -0.660. The molecule has 0 N–H and O–H groups in total. The molecule has 0 unspecified atom stereocenters. The molecule has 0 saturated heterocycles. The average molecular weight is 511 g/mol. The van der Waals surface area contributed by atoms with Crippen molar-refractivity contribution in [2.24, 2.45) is 0 Å². The Morgan fingerprint density at radius 2 is 0.433 bits per heavy atom. The van der Waals surface area contributed by atoms with Crippen LogP contribution >= 0.6 is 70.6 Å². The summed E-state index contributed by atoms with van der Waals surface area (Å²) in [5.41, 5.74) is 4.38. The summed E-state index contributed by atoms with van der Waals surface area (Å²) < 4.78 is 0. The maximum atomic E-state index is 4.95. The molecule has 156 valence electrons. The fraction of sp³-hybridized carbons (Fsp3) is 0.333. The summed E-state index contributed by atoms with van der Waals surface area (Å²) in [4.78, 5) is 29.7. The van der Waals surface area contributed by atoms with Gasteiger partial charge in [-0.05, 0) is 37.5 Å². The first-order valence-electron chi connectivity index (χ1n) is 8.61. The summed E-state index contributed by atoms with van der Waals surface area (Å²) in [6, 6.07) is 0. The van der Waals surface area contributed by atoms with Gasteiger partial charge in [0.25, 0.3) is 0 Å². The SMILES string of the molecule is CSc1nc2c3nc(SC)c(SC)nc3c3nc(SC)c(SC)nc3c2nc1SC. The lowest BCUT2D eigenvalue weighted by Gasteiger charge is -2.13. The zero-order chi connectivity index (χ0) is 21.4. The lowest BCUT2D eigenvalue weighted by molar-refractivity contribution is 0.941. The summed E-state index contributed by atoms with van der Waals surface area (Å²) in [6.07, 6.45) is 12.1. The molecule has 1 aromatic carbocycles. The number of rotatable bonds is 6. The first-order valence-corrected chi connectivity index (χ1v) is 16.0. The van der Waals surface area contributed by atoms with Crippen molar-refractivity contribution < 1.29 is 0 Å². The third-order valence-electron chi connectivity index (χ3n) is 4.33. The fourth-order valence-corrected chi connectivity index (χ4v) is 6.92. The van der Waals surface area contributed by atoms with E-state index in [1.807, 2.05) is 37.5 Å². The Morgan fingerprint density at radius 3 is 0.533 bits per heavy atom. The van der Waals surface area contributed by atoms with E-state index in [-0.39, 0.29) is 0 Å². The van der Waals surface area contributed by atoms with Gasteiger partial charge in [-0.3, -0.25) is 0 Å². The number of hydrogen-bond donors (Lipinski definition) is 0. The number of aromatic nitrogens is 6. The maximum Gasteiger partial charge on any atom is 0.129 e. The molecule has 0 bridgehead atoms. The molecule has 0 spiro atoms. The van der Waals surface area contributed by atoms with E-state index in [0.717, 1.165) is 63.3 Å². The van der Waals surface area contributed by atoms with Crippen molar-refractivity contribution in [3.8, 4) is 0 Å². The van der Waals surface area contributed by atoms with Gasteiger partial charge in [-0.25, -0.2) is 29.9 Å². The summed E-state index contributed by atoms with van der Waals surface area (Å²) in [5, 5.41) is 5.31. The van der Waals surface area contributed by atoms with E-state index in [9.17, 15) is 0 Å². The Morgan fingerprint density at radius 1 is 0.300 bits per heavy atom. The normalized spacial score (nSPS) is 11.8. The van der Waals surface area contributed by atoms with Gasteiger partial charge in [0.15, 0.2) is 0 Å². The van der Waals surface area contributed by atoms with Gasteiger partial charge < -0.3 is 0 Å². The highest BCUT2D eigenvalue weighted by Crippen LogP contribution is 2.38. The van der Waals surface area contributed by atoms with Crippen LogP contribution in [-0.4, -0.2) is 67.4 Å². The van der Waals surface area contributed by atoms with Crippen molar-refractivity contribution in [3.63, 3.8) is 0 Å². The van der Waals surface area contributed by atoms with Gasteiger partial charge in [0.2, 0.25) is 0 Å². The van der Waals surface area contributed by atoms with E-state index < -0.39 is 0 Å². The van der Waals surface area contributed by atoms with Crippen molar-refractivity contribution in [2.75, 3.05) is 37.5 Å². The zero-order valence-corrected chi connectivity index (χ0v) is 22.0. The summed E-state index contributed by atoms with van der Waals surface area (Å²) in [6.45, 7) is 0. The molecule has 0 aliphatic carbocycles. The molecule has 0 saturated carbocycles. The largest absolute Gasteiger partial charge is 0.235 e. The summed E-state index contributed by atoms with van der Waals surface area (Å²) >= 11 is 9.51. The third-order valence-corrected chi connectivity index (χ3v) is 8.75. The minimum Gasteiger partial charge on any atom is -0.235 e. The third kappa shape index (κ3) is 3.73. The van der Waals surface area contributed by atoms with Gasteiger partial charge in [0, 0.05) is 0 Å². The molecule has 3 aromatic heterocycles. The quantitative estimate of drug-likeness (QED) is 0.231. The van der Waals surface area contributed by atoms with Gasteiger partial charge >= 0.3 is 0 Å². The topological polar surface area (TPSA) is 77.3 Å². The molecule has 4 rings (SSSR count). The first-order chi connectivity index (χ1) is 14.6. The number of thioether (sulfide) groups is 6. The maximum absolute atomic E-state index is 4.95. The Kier molecular flexibility index (Phi) is 7.10. The van der Waals surface area contributed by atoms with Crippen LogP contribution in [-0.2, 0) is 0 Å². The highest BCUT2D eigenvalue weighted by Gasteiger charge is 2.22. The van der Waals surface area contributed by atoms with Crippen LogP contribution in [0.2, 0.25) is 0 Å². The van der Waals surface area contributed by atoms with E-state index in [2.05, 4.69) is 0 Å². The molecule has 0 aliphatic heterocycles. The Balaban J connectivity index is 2.29. The Bertz CT molecular complexity index is 999. The lowest BCUT2D eigenvalue weighted by atomic mass is 10.2. The Labute approximate surface area is 200 Å². The molecule has 0 atom stereocenters. The first kappa shape index (κ1) is 22.5. The minimum atomic E-state index is 0.730. The molecule has 30 heavy (non-hydrogen) atoms. The van der Waals surface area contributed by atoms with Crippen LogP contribution in [0.4, 0.5) is 0 Å². The number of benzene rings is 1. The van der Waals surface area contributed by atoms with E-state index in [4.69, 9.17) is 29.9 Å². The van der Waals surface area contributed by atoms with E-state index in [0.29, 0.717) is 0 Å². The number of hydrogen-bond acceptors (Lipinski definition) is 12. The molecule has 3 heterocycles. The number of fused-ring (bicyclic) bond motifs is 6. The summed E-state index contributed by atoms with van der Waals surface area (Å²) in [5.74, 6) is 0. The van der Waals surface area contributed by atoms with Crippen molar-refractivity contribution in [2.45, 2.75) is 30.2 Å². The van der Waals surface area contributed by atoms with Gasteiger partial charge in [-0.2, -0.15) is 0 Å². The van der Waals surface area contributed by atoms with Crippen LogP contribution in [0.1, 0.15) is 0 Å². The predicted molar refractivity (Wildman–Crippen MR) is 136 cm³/mol. The van der Waals surface area contributed by atoms with Gasteiger partial charge in [-0.15, -0.1) is 70.6 Å². The van der Waals surface area contributed by atoms with E-state index in [1.54, 1.807) is 70.6 Å². The molecule has 0 fully saturated rings. The van der Waals surface area contributed by atoms with Crippen LogP contribution in [0.5, 0.6) is 0 Å². The molecule has 12 heteroatoms. The van der Waals surface area contributed by atoms with Crippen LogP contribution in [0.25, 0.3) is 33.1 Å².